The van der Waals surface area contributed by atoms with Gasteiger partial charge in [0.05, 0.1) is 18.1 Å². The number of hydrogen-bond donors (Lipinski definition) is 0. The maximum Gasteiger partial charge on any atom is 0.0730 e. The van der Waals surface area contributed by atoms with Crippen molar-refractivity contribution in [3.63, 3.8) is 0 Å². The van der Waals surface area contributed by atoms with Crippen LogP contribution >= 0.6 is 28.4 Å². The van der Waals surface area contributed by atoms with Gasteiger partial charge in [-0.15, -0.1) is 0 Å². The van der Waals surface area contributed by atoms with Crippen LogP contribution in [0.4, 0.5) is 0 Å². The predicted octanol–water partition coefficient (Wildman–Crippen LogP) is 4.23. The number of benzene rings is 1. The average Bonchev–Trinajstić information content (AvgIpc) is 2.70. The van der Waals surface area contributed by atoms with Gasteiger partial charge in [0, 0.05) is 17.4 Å². The minimum atomic E-state index is 0.634. The standard InChI is InChI=1S/C13H14IN2P/c1-10(2)4-3-5-11-6-7-13-12(8-11)9-15-16(13)17-14/h6-10,17H,4H2,1-2H3. The van der Waals surface area contributed by atoms with E-state index in [2.05, 4.69) is 71.0 Å². The molecule has 2 nitrogen and oxygen atoms in total. The number of hydrogen-bond acceptors (Lipinski definition) is 1. The van der Waals surface area contributed by atoms with Gasteiger partial charge in [0.15, 0.2) is 0 Å². The van der Waals surface area contributed by atoms with Gasteiger partial charge < -0.3 is 0 Å². The molecule has 0 aliphatic heterocycles. The average molecular weight is 356 g/mol. The summed E-state index contributed by atoms with van der Waals surface area (Å²) in [6, 6.07) is 6.29. The Morgan fingerprint density at radius 2 is 2.29 bits per heavy atom. The topological polar surface area (TPSA) is 17.8 Å². The van der Waals surface area contributed by atoms with Crippen LogP contribution in [0.25, 0.3) is 10.9 Å². The molecule has 2 aromatic rings. The third-order valence-electron chi connectivity index (χ3n) is 2.39. The Morgan fingerprint density at radius 1 is 1.47 bits per heavy atom. The summed E-state index contributed by atoms with van der Waals surface area (Å²) < 4.78 is 2.02. The minimum Gasteiger partial charge on any atom is -0.237 e. The van der Waals surface area contributed by atoms with E-state index in [0.29, 0.717) is 12.3 Å². The second kappa shape index (κ2) is 5.84. The summed E-state index contributed by atoms with van der Waals surface area (Å²) in [5, 5.41) is 5.51. The molecule has 0 radical (unpaired) electrons. The molecule has 0 amide bonds. The van der Waals surface area contributed by atoms with E-state index in [9.17, 15) is 0 Å². The summed E-state index contributed by atoms with van der Waals surface area (Å²) in [6.07, 6.45) is 3.50. The lowest BCUT2D eigenvalue weighted by atomic mass is 10.1. The molecule has 0 fully saturated rings. The highest BCUT2D eigenvalue weighted by atomic mass is 127. The maximum atomic E-state index is 4.34. The van der Waals surface area contributed by atoms with Gasteiger partial charge in [-0.1, -0.05) is 25.7 Å². The van der Waals surface area contributed by atoms with Gasteiger partial charge in [-0.05, 0) is 46.2 Å². The first-order chi connectivity index (χ1) is 8.20. The van der Waals surface area contributed by atoms with Crippen LogP contribution in [-0.4, -0.2) is 9.55 Å². The van der Waals surface area contributed by atoms with E-state index in [4.69, 9.17) is 0 Å². The zero-order valence-electron chi connectivity index (χ0n) is 9.87. The largest absolute Gasteiger partial charge is 0.237 e. The lowest BCUT2D eigenvalue weighted by Crippen LogP contribution is -1.83. The van der Waals surface area contributed by atoms with Crippen molar-refractivity contribution in [3.8, 4) is 11.8 Å². The number of fused-ring (bicyclic) bond motifs is 1. The van der Waals surface area contributed by atoms with Crippen molar-refractivity contribution in [1.29, 1.82) is 0 Å². The van der Waals surface area contributed by atoms with Gasteiger partial charge in [-0.3, -0.25) is 0 Å². The molecule has 1 aromatic carbocycles. The van der Waals surface area contributed by atoms with E-state index < -0.39 is 0 Å². The molecule has 0 N–H and O–H groups in total. The monoisotopic (exact) mass is 356 g/mol. The van der Waals surface area contributed by atoms with Gasteiger partial charge in [-0.2, -0.15) is 5.10 Å². The SMILES string of the molecule is CC(C)CC#Cc1ccc2c(cnn2PI)c1. The quantitative estimate of drug-likeness (QED) is 0.448. The maximum absolute atomic E-state index is 4.34. The molecular formula is C13H14IN2P. The molecule has 2 rings (SSSR count). The predicted molar refractivity (Wildman–Crippen MR) is 83.8 cm³/mol. The van der Waals surface area contributed by atoms with Gasteiger partial charge in [0.25, 0.3) is 0 Å². The van der Waals surface area contributed by atoms with Crippen LogP contribution in [0.3, 0.4) is 0 Å². The molecule has 17 heavy (non-hydrogen) atoms. The molecule has 88 valence electrons. The number of halogens is 1. The van der Waals surface area contributed by atoms with Crippen LogP contribution in [-0.2, 0) is 0 Å². The first-order valence-electron chi connectivity index (χ1n) is 5.54. The van der Waals surface area contributed by atoms with Crippen molar-refractivity contribution in [2.24, 2.45) is 5.92 Å². The molecule has 0 saturated carbocycles. The van der Waals surface area contributed by atoms with Gasteiger partial charge in [0.1, 0.15) is 0 Å². The zero-order chi connectivity index (χ0) is 12.3. The first kappa shape index (κ1) is 12.9. The lowest BCUT2D eigenvalue weighted by molar-refractivity contribution is 0.676. The van der Waals surface area contributed by atoms with Crippen molar-refractivity contribution >= 4 is 39.3 Å². The fraction of sp³-hybridized carbons (Fsp3) is 0.308. The molecule has 0 aliphatic rings. The number of nitrogens with zero attached hydrogens (tertiary/aromatic N) is 2. The molecule has 0 bridgehead atoms. The third kappa shape index (κ3) is 3.20. The van der Waals surface area contributed by atoms with E-state index in [0.717, 1.165) is 12.0 Å². The second-order valence-electron chi connectivity index (χ2n) is 4.31. The van der Waals surface area contributed by atoms with Crippen LogP contribution in [0.15, 0.2) is 24.4 Å². The van der Waals surface area contributed by atoms with Crippen molar-refractivity contribution in [2.75, 3.05) is 0 Å². The Balaban J connectivity index is 2.28. The summed E-state index contributed by atoms with van der Waals surface area (Å²) in [7, 11) is 0. The van der Waals surface area contributed by atoms with Crippen molar-refractivity contribution in [1.82, 2.24) is 9.55 Å². The van der Waals surface area contributed by atoms with Gasteiger partial charge in [0.2, 0.25) is 0 Å². The Labute approximate surface area is 116 Å². The van der Waals surface area contributed by atoms with Crippen LogP contribution in [0.1, 0.15) is 25.8 Å². The third-order valence-corrected chi connectivity index (χ3v) is 4.28. The highest BCUT2D eigenvalue weighted by molar-refractivity contribution is 14.2. The molecule has 1 heterocycles. The Hall–Kier alpha value is -0.590. The molecule has 4 heteroatoms. The van der Waals surface area contributed by atoms with E-state index in [1.807, 2.05) is 10.6 Å². The summed E-state index contributed by atoms with van der Waals surface area (Å²) in [6.45, 7) is 4.37. The highest BCUT2D eigenvalue weighted by Gasteiger charge is 2.01. The Morgan fingerprint density at radius 3 is 3.00 bits per heavy atom. The van der Waals surface area contributed by atoms with Crippen LogP contribution in [0, 0.1) is 17.8 Å². The molecule has 1 atom stereocenters. The fourth-order valence-electron chi connectivity index (χ4n) is 1.54. The normalized spacial score (nSPS) is 11.3. The zero-order valence-corrected chi connectivity index (χ0v) is 13.0. The molecule has 1 aromatic heterocycles. The van der Waals surface area contributed by atoms with E-state index in [1.165, 1.54) is 10.9 Å². The molecule has 0 spiro atoms. The Bertz CT molecular complexity index is 578. The second-order valence-corrected chi connectivity index (χ2v) is 6.35. The number of aromatic nitrogens is 2. The van der Waals surface area contributed by atoms with Crippen molar-refractivity contribution < 1.29 is 0 Å². The smallest absolute Gasteiger partial charge is 0.0730 e. The Kier molecular flexibility index (Phi) is 4.42. The van der Waals surface area contributed by atoms with Crippen LogP contribution < -0.4 is 0 Å². The lowest BCUT2D eigenvalue weighted by Gasteiger charge is -1.97. The molecule has 0 saturated heterocycles. The fourth-order valence-corrected chi connectivity index (χ4v) is 3.08. The summed E-state index contributed by atoms with van der Waals surface area (Å²) in [5.74, 6) is 7.05. The first-order valence-corrected chi connectivity index (χ1v) is 9.60. The molecular weight excluding hydrogens is 342 g/mol. The van der Waals surface area contributed by atoms with E-state index >= 15 is 0 Å². The molecule has 0 aliphatic carbocycles. The van der Waals surface area contributed by atoms with E-state index in [-0.39, 0.29) is 0 Å². The minimum absolute atomic E-state index is 0.634. The highest BCUT2D eigenvalue weighted by Crippen LogP contribution is 2.28. The van der Waals surface area contributed by atoms with Gasteiger partial charge >= 0.3 is 0 Å². The van der Waals surface area contributed by atoms with Crippen LogP contribution in [0.2, 0.25) is 0 Å². The number of rotatable bonds is 2. The summed E-state index contributed by atoms with van der Waals surface area (Å²) in [5.41, 5.74) is 2.27. The van der Waals surface area contributed by atoms with Crippen molar-refractivity contribution in [2.45, 2.75) is 20.3 Å². The van der Waals surface area contributed by atoms with Gasteiger partial charge in [-0.25, -0.2) is 4.45 Å². The van der Waals surface area contributed by atoms with Crippen LogP contribution in [0.5, 0.6) is 0 Å². The summed E-state index contributed by atoms with van der Waals surface area (Å²) >= 11 is 2.34. The van der Waals surface area contributed by atoms with E-state index in [1.54, 1.807) is 0 Å². The summed E-state index contributed by atoms with van der Waals surface area (Å²) in [4.78, 5) is 0. The van der Waals surface area contributed by atoms with Crippen molar-refractivity contribution in [3.05, 3.63) is 30.0 Å². The molecule has 1 unspecified atom stereocenters.